The number of rotatable bonds is 13. The minimum atomic E-state index is -1.18. The standard InChI is InChI=1S/C49H80N2O8/c1-30(2)39-33(52)26-49(36(53)29-51(28-31-14-15-31)25-24-50(13)42(57)59-43(3,4)5)23-22-47(11)32(40(39)49)16-17-35-46(10)20-19-37(58-38(54)27-44(6,7)41(55)56)45(8,9)34(46)18-21-48(35,47)12/h30-32,34-37,53H,14-29H2,1-13H3,(H,55,56)/t32-,34?,35?,36?,37+,46+,47-,48-,49?/m1/s1. The van der Waals surface area contributed by atoms with Gasteiger partial charge in [-0.15, -0.1) is 0 Å². The van der Waals surface area contributed by atoms with E-state index in [1.165, 1.54) is 18.4 Å². The molecule has 0 aliphatic heterocycles. The molecular weight excluding hydrogens is 745 g/mol. The lowest BCUT2D eigenvalue weighted by Crippen LogP contribution is -2.66. The average molecular weight is 825 g/mol. The van der Waals surface area contributed by atoms with Crippen molar-refractivity contribution in [3.63, 3.8) is 0 Å². The van der Waals surface area contributed by atoms with Gasteiger partial charge in [0.1, 0.15) is 11.7 Å². The topological polar surface area (TPSA) is 134 Å². The molecule has 5 fully saturated rings. The van der Waals surface area contributed by atoms with Crippen molar-refractivity contribution in [2.45, 2.75) is 178 Å². The summed E-state index contributed by atoms with van der Waals surface area (Å²) in [6, 6.07) is 0. The molecule has 1 amide bonds. The third-order valence-electron chi connectivity index (χ3n) is 17.6. The Balaban J connectivity index is 1.25. The molecule has 10 heteroatoms. The average Bonchev–Trinajstić information content (AvgIpc) is 3.86. The van der Waals surface area contributed by atoms with Gasteiger partial charge in [0.25, 0.3) is 0 Å². The van der Waals surface area contributed by atoms with E-state index in [4.69, 9.17) is 9.47 Å². The molecule has 59 heavy (non-hydrogen) atoms. The zero-order valence-electron chi connectivity index (χ0n) is 39.1. The fourth-order valence-corrected chi connectivity index (χ4v) is 14.0. The number of esters is 1. The molecule has 10 nitrogen and oxygen atoms in total. The van der Waals surface area contributed by atoms with Crippen molar-refractivity contribution in [1.29, 1.82) is 0 Å². The van der Waals surface area contributed by atoms with Gasteiger partial charge in [-0.05, 0) is 150 Å². The number of aliphatic carboxylic acids is 1. The summed E-state index contributed by atoms with van der Waals surface area (Å²) in [4.78, 5) is 56.1. The molecule has 6 aliphatic carbocycles. The molecule has 0 aromatic heterocycles. The van der Waals surface area contributed by atoms with Crippen molar-refractivity contribution in [2.24, 2.45) is 62.1 Å². The van der Waals surface area contributed by atoms with Gasteiger partial charge in [0.05, 0.1) is 17.9 Å². The summed E-state index contributed by atoms with van der Waals surface area (Å²) in [7, 11) is 1.78. The minimum Gasteiger partial charge on any atom is -0.481 e. The molecule has 0 aromatic carbocycles. The van der Waals surface area contributed by atoms with Gasteiger partial charge in [-0.25, -0.2) is 4.79 Å². The molecule has 0 aromatic rings. The van der Waals surface area contributed by atoms with Gasteiger partial charge in [0.2, 0.25) is 0 Å². The number of hydrogen-bond acceptors (Lipinski definition) is 8. The first kappa shape index (κ1) is 46.1. The Bertz CT molecular complexity index is 1690. The number of aliphatic hydroxyl groups excluding tert-OH is 1. The van der Waals surface area contributed by atoms with Crippen LogP contribution in [0.15, 0.2) is 11.1 Å². The number of ether oxygens (including phenoxy) is 2. The number of amides is 1. The van der Waals surface area contributed by atoms with E-state index in [-0.39, 0.29) is 57.9 Å². The van der Waals surface area contributed by atoms with Crippen LogP contribution in [0.2, 0.25) is 0 Å². The van der Waals surface area contributed by atoms with Crippen molar-refractivity contribution in [3.8, 4) is 0 Å². The van der Waals surface area contributed by atoms with E-state index in [1.807, 2.05) is 20.8 Å². The zero-order valence-corrected chi connectivity index (χ0v) is 39.1. The fraction of sp³-hybridized carbons (Fsp3) is 0.878. The summed E-state index contributed by atoms with van der Waals surface area (Å²) in [5.41, 5.74) is -0.316. The molecule has 0 bridgehead atoms. The smallest absolute Gasteiger partial charge is 0.410 e. The number of carboxylic acid groups (broad SMARTS) is 1. The Morgan fingerprint density at radius 2 is 1.51 bits per heavy atom. The highest BCUT2D eigenvalue weighted by molar-refractivity contribution is 6.00. The normalized spacial score (nSPS) is 36.0. The molecule has 0 radical (unpaired) electrons. The van der Waals surface area contributed by atoms with Crippen LogP contribution in [0.25, 0.3) is 0 Å². The van der Waals surface area contributed by atoms with Gasteiger partial charge >= 0.3 is 18.0 Å². The maximum atomic E-state index is 14.3. The lowest BCUT2D eigenvalue weighted by Gasteiger charge is -2.72. The third kappa shape index (κ3) is 8.18. The van der Waals surface area contributed by atoms with Crippen LogP contribution < -0.4 is 0 Å². The van der Waals surface area contributed by atoms with Gasteiger partial charge in [0.15, 0.2) is 5.78 Å². The fourth-order valence-electron chi connectivity index (χ4n) is 14.0. The van der Waals surface area contributed by atoms with Crippen LogP contribution in [0.1, 0.15) is 160 Å². The molecule has 9 atom stereocenters. The summed E-state index contributed by atoms with van der Waals surface area (Å²) in [6.07, 6.45) is 8.99. The number of aliphatic hydroxyl groups is 1. The van der Waals surface area contributed by atoms with Gasteiger partial charge in [-0.1, -0.05) is 54.0 Å². The first-order valence-corrected chi connectivity index (χ1v) is 23.2. The number of allylic oxidation sites excluding steroid dienone is 1. The molecule has 5 saturated carbocycles. The van der Waals surface area contributed by atoms with Crippen LogP contribution in [0.3, 0.4) is 0 Å². The molecule has 6 rings (SSSR count). The molecule has 2 N–H and O–H groups in total. The Labute approximate surface area is 356 Å². The largest absolute Gasteiger partial charge is 0.481 e. The Kier molecular flexibility index (Phi) is 12.3. The Hall–Kier alpha value is -2.46. The van der Waals surface area contributed by atoms with Crippen LogP contribution in [-0.4, -0.2) is 94.9 Å². The SMILES string of the molecule is CC(C)C1=C2[C@H]3CCC4[C@@]5(C)CC[C@H](OC(=O)CC(C)(C)C(=O)O)C(C)(C)C5CC[C@@]4(C)[C@]3(C)CCC2(C(O)CN(CCN(C)C(=O)OC(C)(C)C)CC2CC2)CC1=O. The summed E-state index contributed by atoms with van der Waals surface area (Å²) < 4.78 is 11.8. The lowest BCUT2D eigenvalue weighted by atomic mass is 9.33. The molecular formula is C49H80N2O8. The van der Waals surface area contributed by atoms with E-state index < -0.39 is 34.5 Å². The van der Waals surface area contributed by atoms with E-state index >= 15 is 0 Å². The maximum absolute atomic E-state index is 14.3. The predicted octanol–water partition coefficient (Wildman–Crippen LogP) is 9.32. The van der Waals surface area contributed by atoms with Crippen molar-refractivity contribution in [1.82, 2.24) is 9.80 Å². The highest BCUT2D eigenvalue weighted by atomic mass is 16.6. The second kappa shape index (κ2) is 15.7. The van der Waals surface area contributed by atoms with Crippen molar-refractivity contribution >= 4 is 23.8 Å². The zero-order chi connectivity index (χ0) is 43.9. The predicted molar refractivity (Wildman–Crippen MR) is 229 cm³/mol. The van der Waals surface area contributed by atoms with Crippen LogP contribution >= 0.6 is 0 Å². The van der Waals surface area contributed by atoms with Crippen molar-refractivity contribution < 1.29 is 38.9 Å². The van der Waals surface area contributed by atoms with E-state index in [1.54, 1.807) is 25.8 Å². The minimum absolute atomic E-state index is 0.0222. The van der Waals surface area contributed by atoms with Crippen LogP contribution in [0.4, 0.5) is 4.79 Å². The quantitative estimate of drug-likeness (QED) is 0.174. The summed E-state index contributed by atoms with van der Waals surface area (Å²) in [5.74, 6) is 0.518. The number of hydrogen-bond donors (Lipinski definition) is 2. The number of likely N-dealkylation sites (N-methyl/N-ethyl adjacent to an activating group) is 1. The number of ketones is 1. The Morgan fingerprint density at radius 1 is 0.847 bits per heavy atom. The highest BCUT2D eigenvalue weighted by Crippen LogP contribution is 2.77. The highest BCUT2D eigenvalue weighted by Gasteiger charge is 2.71. The van der Waals surface area contributed by atoms with Gasteiger partial charge in [0, 0.05) is 50.5 Å². The number of nitrogens with zero attached hydrogens (tertiary/aromatic N) is 2. The second-order valence-electron chi connectivity index (χ2n) is 23.7. The van der Waals surface area contributed by atoms with Crippen LogP contribution in [0.5, 0.6) is 0 Å². The van der Waals surface area contributed by atoms with E-state index in [9.17, 15) is 29.4 Å². The van der Waals surface area contributed by atoms with Gasteiger partial charge in [-0.2, -0.15) is 0 Å². The summed E-state index contributed by atoms with van der Waals surface area (Å²) >= 11 is 0. The number of carboxylic acids is 1. The first-order chi connectivity index (χ1) is 27.1. The van der Waals surface area contributed by atoms with E-state index in [2.05, 4.69) is 53.4 Å². The molecule has 0 spiro atoms. The van der Waals surface area contributed by atoms with E-state index in [0.29, 0.717) is 43.8 Å². The summed E-state index contributed by atoms with van der Waals surface area (Å²) in [5, 5.41) is 22.3. The van der Waals surface area contributed by atoms with Gasteiger partial charge in [-0.3, -0.25) is 19.3 Å². The number of fused-ring (bicyclic) bond motifs is 7. The first-order valence-electron chi connectivity index (χ1n) is 23.2. The number of carbonyl (C=O) groups excluding carboxylic acids is 3. The molecule has 0 saturated heterocycles. The monoisotopic (exact) mass is 825 g/mol. The maximum Gasteiger partial charge on any atom is 0.410 e. The molecule has 0 heterocycles. The lowest BCUT2D eigenvalue weighted by molar-refractivity contribution is -0.235. The van der Waals surface area contributed by atoms with Crippen LogP contribution in [-0.2, 0) is 23.9 Å². The number of carbonyl (C=O) groups is 4. The van der Waals surface area contributed by atoms with Crippen molar-refractivity contribution in [3.05, 3.63) is 11.1 Å². The summed E-state index contributed by atoms with van der Waals surface area (Å²) in [6.45, 7) is 27.8. The van der Waals surface area contributed by atoms with Gasteiger partial charge < -0.3 is 24.6 Å². The van der Waals surface area contributed by atoms with Crippen LogP contribution in [0, 0.1) is 62.1 Å². The van der Waals surface area contributed by atoms with E-state index in [0.717, 1.165) is 63.5 Å². The third-order valence-corrected chi connectivity index (χ3v) is 17.6. The number of Topliss-reactive ketones (excluding diaryl/α,β-unsaturated/α-hetero) is 1. The molecule has 334 valence electrons. The second-order valence-corrected chi connectivity index (χ2v) is 23.7. The molecule has 6 aliphatic rings. The van der Waals surface area contributed by atoms with Crippen molar-refractivity contribution in [2.75, 3.05) is 33.2 Å². The molecule has 4 unspecified atom stereocenters. The Morgan fingerprint density at radius 3 is 2.10 bits per heavy atom.